The minimum absolute atomic E-state index is 0.140. The summed E-state index contributed by atoms with van der Waals surface area (Å²) in [4.78, 5) is 21.5. The van der Waals surface area contributed by atoms with Gasteiger partial charge in [-0.05, 0) is 29.8 Å². The van der Waals surface area contributed by atoms with E-state index in [1.165, 1.54) is 5.39 Å². The fourth-order valence-corrected chi connectivity index (χ4v) is 3.57. The van der Waals surface area contributed by atoms with Crippen molar-refractivity contribution in [2.45, 2.75) is 13.5 Å². The minimum Gasteiger partial charge on any atom is -0.336 e. The zero-order valence-electron chi connectivity index (χ0n) is 15.1. The van der Waals surface area contributed by atoms with Gasteiger partial charge in [-0.15, -0.1) is 0 Å². The van der Waals surface area contributed by atoms with E-state index in [9.17, 15) is 4.79 Å². The first-order chi connectivity index (χ1) is 12.7. The van der Waals surface area contributed by atoms with Crippen LogP contribution in [0.15, 0.2) is 54.9 Å². The van der Waals surface area contributed by atoms with Gasteiger partial charge in [0.1, 0.15) is 5.82 Å². The van der Waals surface area contributed by atoms with Gasteiger partial charge in [-0.3, -0.25) is 9.69 Å². The fourth-order valence-electron chi connectivity index (χ4n) is 3.57. The molecule has 0 unspecified atom stereocenters. The molecule has 26 heavy (non-hydrogen) atoms. The number of fused-ring (bicyclic) bond motifs is 1. The highest BCUT2D eigenvalue weighted by Gasteiger charge is 2.22. The molecule has 0 spiro atoms. The van der Waals surface area contributed by atoms with Gasteiger partial charge in [0, 0.05) is 57.2 Å². The van der Waals surface area contributed by atoms with Crippen LogP contribution in [-0.4, -0.2) is 58.0 Å². The highest BCUT2D eigenvalue weighted by molar-refractivity contribution is 5.98. The molecule has 0 atom stereocenters. The molecule has 5 heteroatoms. The van der Waals surface area contributed by atoms with E-state index in [-0.39, 0.29) is 5.91 Å². The van der Waals surface area contributed by atoms with E-state index in [2.05, 4.69) is 26.6 Å². The molecule has 1 aliphatic heterocycles. The molecule has 0 bridgehead atoms. The average molecular weight is 348 g/mol. The predicted molar refractivity (Wildman–Crippen MR) is 103 cm³/mol. The lowest BCUT2D eigenvalue weighted by Crippen LogP contribution is -2.49. The van der Waals surface area contributed by atoms with Gasteiger partial charge in [-0.2, -0.15) is 0 Å². The maximum absolute atomic E-state index is 12.8. The van der Waals surface area contributed by atoms with Crippen LogP contribution in [-0.2, 0) is 6.54 Å². The maximum Gasteiger partial charge on any atom is 0.253 e. The molecule has 2 heterocycles. The number of carbonyl (C=O) groups excluding carboxylic acids is 1. The Morgan fingerprint density at radius 2 is 1.77 bits per heavy atom. The Labute approximate surface area is 153 Å². The number of hydrogen-bond acceptors (Lipinski definition) is 3. The second-order valence-electron chi connectivity index (χ2n) is 6.86. The molecule has 0 N–H and O–H groups in total. The Balaban J connectivity index is 1.34. The van der Waals surface area contributed by atoms with Crippen molar-refractivity contribution in [1.29, 1.82) is 0 Å². The van der Waals surface area contributed by atoms with Crippen LogP contribution in [0.4, 0.5) is 0 Å². The highest BCUT2D eigenvalue weighted by Crippen LogP contribution is 2.17. The Kier molecular flexibility index (Phi) is 4.71. The summed E-state index contributed by atoms with van der Waals surface area (Å²) in [6.07, 6.45) is 3.87. The number of amides is 1. The summed E-state index contributed by atoms with van der Waals surface area (Å²) in [5.74, 6) is 1.19. The summed E-state index contributed by atoms with van der Waals surface area (Å²) < 4.78 is 2.17. The van der Waals surface area contributed by atoms with Gasteiger partial charge < -0.3 is 9.47 Å². The first kappa shape index (κ1) is 16.8. The van der Waals surface area contributed by atoms with Gasteiger partial charge in [0.15, 0.2) is 0 Å². The van der Waals surface area contributed by atoms with Gasteiger partial charge >= 0.3 is 0 Å². The van der Waals surface area contributed by atoms with Crippen molar-refractivity contribution in [2.24, 2.45) is 0 Å². The third kappa shape index (κ3) is 3.48. The Bertz CT molecular complexity index is 909. The molecule has 5 nitrogen and oxygen atoms in total. The molecule has 1 fully saturated rings. The lowest BCUT2D eigenvalue weighted by Gasteiger charge is -2.35. The van der Waals surface area contributed by atoms with Crippen LogP contribution in [0.5, 0.6) is 0 Å². The van der Waals surface area contributed by atoms with Crippen LogP contribution >= 0.6 is 0 Å². The van der Waals surface area contributed by atoms with E-state index in [1.807, 2.05) is 54.5 Å². The molecular formula is C21H24N4O. The van der Waals surface area contributed by atoms with E-state index >= 15 is 0 Å². The molecule has 4 rings (SSSR count). The van der Waals surface area contributed by atoms with Crippen molar-refractivity contribution in [3.05, 3.63) is 66.2 Å². The zero-order chi connectivity index (χ0) is 17.9. The van der Waals surface area contributed by atoms with Gasteiger partial charge in [0.2, 0.25) is 0 Å². The summed E-state index contributed by atoms with van der Waals surface area (Å²) in [7, 11) is 0. The largest absolute Gasteiger partial charge is 0.336 e. The van der Waals surface area contributed by atoms with Crippen LogP contribution in [0.1, 0.15) is 16.2 Å². The predicted octanol–water partition coefficient (Wildman–Crippen LogP) is 2.80. The Morgan fingerprint density at radius 1 is 1.00 bits per heavy atom. The van der Waals surface area contributed by atoms with E-state index < -0.39 is 0 Å². The van der Waals surface area contributed by atoms with Gasteiger partial charge in [-0.25, -0.2) is 4.98 Å². The lowest BCUT2D eigenvalue weighted by atomic mass is 10.1. The summed E-state index contributed by atoms with van der Waals surface area (Å²) in [6.45, 7) is 7.39. The average Bonchev–Trinajstić information content (AvgIpc) is 3.10. The van der Waals surface area contributed by atoms with E-state index in [1.54, 1.807) is 0 Å². The summed E-state index contributed by atoms with van der Waals surface area (Å²) in [5.41, 5.74) is 0.784. The monoisotopic (exact) mass is 348 g/mol. The lowest BCUT2D eigenvalue weighted by molar-refractivity contribution is 0.0633. The van der Waals surface area contributed by atoms with Crippen LogP contribution < -0.4 is 0 Å². The van der Waals surface area contributed by atoms with Crippen LogP contribution in [0.3, 0.4) is 0 Å². The number of rotatable bonds is 4. The van der Waals surface area contributed by atoms with Crippen molar-refractivity contribution in [3.8, 4) is 0 Å². The van der Waals surface area contributed by atoms with Crippen LogP contribution in [0.2, 0.25) is 0 Å². The molecular weight excluding hydrogens is 324 g/mol. The topological polar surface area (TPSA) is 41.4 Å². The number of benzene rings is 2. The summed E-state index contributed by atoms with van der Waals surface area (Å²) >= 11 is 0. The Morgan fingerprint density at radius 3 is 2.50 bits per heavy atom. The molecule has 1 amide bonds. The first-order valence-corrected chi connectivity index (χ1v) is 9.19. The number of nitrogens with zero attached hydrogens (tertiary/aromatic N) is 4. The van der Waals surface area contributed by atoms with Crippen molar-refractivity contribution in [1.82, 2.24) is 19.4 Å². The van der Waals surface area contributed by atoms with Crippen molar-refractivity contribution < 1.29 is 4.79 Å². The molecule has 1 saturated heterocycles. The van der Waals surface area contributed by atoms with Crippen molar-refractivity contribution in [3.63, 3.8) is 0 Å². The standard InChI is InChI=1S/C21H24N4O/c1-17-22-8-9-24(17)13-10-23-11-14-25(15-12-23)21(26)20-7-6-18-4-2-3-5-19(18)16-20/h2-9,16H,10-15H2,1H3. The molecule has 1 aliphatic rings. The molecule has 0 aliphatic carbocycles. The normalized spacial score (nSPS) is 15.5. The van der Waals surface area contributed by atoms with Crippen molar-refractivity contribution in [2.75, 3.05) is 32.7 Å². The maximum atomic E-state index is 12.8. The quantitative estimate of drug-likeness (QED) is 0.728. The number of aromatic nitrogens is 2. The fraction of sp³-hybridized carbons (Fsp3) is 0.333. The number of imidazole rings is 1. The van der Waals surface area contributed by atoms with E-state index in [0.717, 1.165) is 56.0 Å². The van der Waals surface area contributed by atoms with Gasteiger partial charge in [0.05, 0.1) is 0 Å². The molecule has 2 aromatic carbocycles. The molecule has 0 radical (unpaired) electrons. The molecule has 1 aromatic heterocycles. The van der Waals surface area contributed by atoms with E-state index in [0.29, 0.717) is 0 Å². The zero-order valence-corrected chi connectivity index (χ0v) is 15.1. The molecule has 0 saturated carbocycles. The van der Waals surface area contributed by atoms with Crippen molar-refractivity contribution >= 4 is 16.7 Å². The summed E-state index contributed by atoms with van der Waals surface area (Å²) in [5, 5.41) is 2.29. The number of carbonyl (C=O) groups is 1. The Hall–Kier alpha value is -2.66. The molecule has 3 aromatic rings. The smallest absolute Gasteiger partial charge is 0.253 e. The van der Waals surface area contributed by atoms with Crippen LogP contribution in [0.25, 0.3) is 10.8 Å². The van der Waals surface area contributed by atoms with Gasteiger partial charge in [0.25, 0.3) is 5.91 Å². The highest BCUT2D eigenvalue weighted by atomic mass is 16.2. The third-order valence-electron chi connectivity index (χ3n) is 5.24. The number of piperazine rings is 1. The minimum atomic E-state index is 0.140. The van der Waals surface area contributed by atoms with Gasteiger partial charge in [-0.1, -0.05) is 30.3 Å². The third-order valence-corrected chi connectivity index (χ3v) is 5.24. The number of aryl methyl sites for hydroxylation is 1. The number of hydrogen-bond donors (Lipinski definition) is 0. The second kappa shape index (κ2) is 7.30. The second-order valence-corrected chi connectivity index (χ2v) is 6.86. The SMILES string of the molecule is Cc1nccn1CCN1CCN(C(=O)c2ccc3ccccc3c2)CC1. The summed E-state index contributed by atoms with van der Waals surface area (Å²) in [6, 6.07) is 14.1. The first-order valence-electron chi connectivity index (χ1n) is 9.19. The molecule has 134 valence electrons. The van der Waals surface area contributed by atoms with Crippen LogP contribution in [0, 0.1) is 6.92 Å². The van der Waals surface area contributed by atoms with E-state index in [4.69, 9.17) is 0 Å².